The van der Waals surface area contributed by atoms with Gasteiger partial charge in [0.1, 0.15) is 11.7 Å². The zero-order valence-electron chi connectivity index (χ0n) is 15.2. The number of nitrogens with zero attached hydrogens (tertiary/aromatic N) is 2. The van der Waals surface area contributed by atoms with E-state index in [-0.39, 0.29) is 5.56 Å². The Morgan fingerprint density at radius 3 is 2.93 bits per heavy atom. The molecular formula is C20H17N3O4S. The van der Waals surface area contributed by atoms with Crippen LogP contribution in [0.15, 0.2) is 52.4 Å². The Morgan fingerprint density at radius 1 is 1.36 bits per heavy atom. The van der Waals surface area contributed by atoms with Crippen LogP contribution < -0.4 is 19.6 Å². The van der Waals surface area contributed by atoms with Crippen LogP contribution in [0.2, 0.25) is 0 Å². The fraction of sp³-hybridized carbons (Fsp3) is 0.250. The Bertz CT molecular complexity index is 1260. The predicted molar refractivity (Wildman–Crippen MR) is 103 cm³/mol. The number of esters is 1. The van der Waals surface area contributed by atoms with E-state index in [1.165, 1.54) is 18.4 Å². The minimum Gasteiger partial charge on any atom is -0.469 e. The van der Waals surface area contributed by atoms with Gasteiger partial charge in [-0.2, -0.15) is 0 Å². The number of hydrogen-bond donors (Lipinski definition) is 1. The number of para-hydroxylation sites is 1. The largest absolute Gasteiger partial charge is 0.469 e. The van der Waals surface area contributed by atoms with E-state index in [1.54, 1.807) is 23.8 Å². The molecule has 0 amide bonds. The van der Waals surface area contributed by atoms with Crippen LogP contribution in [0.3, 0.4) is 0 Å². The average Bonchev–Trinajstić information content (AvgIpc) is 3.28. The number of carbonyl (C=O) groups is 1. The molecule has 142 valence electrons. The lowest BCUT2D eigenvalue weighted by Gasteiger charge is -2.44. The molecule has 0 radical (unpaired) electrons. The third-order valence-electron chi connectivity index (χ3n) is 5.24. The third kappa shape index (κ3) is 2.31. The molecule has 3 unspecified atom stereocenters. The van der Waals surface area contributed by atoms with Gasteiger partial charge < -0.3 is 14.5 Å². The van der Waals surface area contributed by atoms with Crippen molar-refractivity contribution in [1.82, 2.24) is 9.55 Å². The molecule has 0 aliphatic carbocycles. The fourth-order valence-electron chi connectivity index (χ4n) is 4.01. The summed E-state index contributed by atoms with van der Waals surface area (Å²) in [6, 6.07) is 10.7. The van der Waals surface area contributed by atoms with Crippen LogP contribution in [-0.4, -0.2) is 28.4 Å². The number of methoxy groups -OCH3 is 1. The van der Waals surface area contributed by atoms with E-state index in [1.807, 2.05) is 36.4 Å². The third-order valence-corrected chi connectivity index (χ3v) is 6.23. The van der Waals surface area contributed by atoms with Crippen molar-refractivity contribution < 1.29 is 14.3 Å². The molecule has 0 spiro atoms. The maximum absolute atomic E-state index is 13.3. The smallest absolute Gasteiger partial charge is 0.317 e. The van der Waals surface area contributed by atoms with Crippen LogP contribution in [0.25, 0.3) is 6.08 Å². The number of fused-ring (bicyclic) bond motifs is 6. The van der Waals surface area contributed by atoms with E-state index in [9.17, 15) is 9.59 Å². The first-order valence-electron chi connectivity index (χ1n) is 8.84. The second-order valence-electron chi connectivity index (χ2n) is 6.95. The quantitative estimate of drug-likeness (QED) is 0.661. The summed E-state index contributed by atoms with van der Waals surface area (Å²) in [7, 11) is 1.34. The van der Waals surface area contributed by atoms with Crippen LogP contribution >= 0.6 is 11.3 Å². The highest BCUT2D eigenvalue weighted by molar-refractivity contribution is 7.07. The first-order chi connectivity index (χ1) is 13.5. The number of aromatic amines is 1. The number of carbonyl (C=O) groups excluding carboxylic acids is 1. The van der Waals surface area contributed by atoms with Gasteiger partial charge in [-0.25, -0.2) is 4.99 Å². The van der Waals surface area contributed by atoms with Crippen molar-refractivity contribution in [2.24, 2.45) is 10.9 Å². The van der Waals surface area contributed by atoms with Gasteiger partial charge in [-0.1, -0.05) is 29.5 Å². The zero-order valence-corrected chi connectivity index (χ0v) is 16.0. The summed E-state index contributed by atoms with van der Waals surface area (Å²) in [6.07, 6.45) is 3.59. The molecule has 0 fully saturated rings. The van der Waals surface area contributed by atoms with Crippen LogP contribution in [0.4, 0.5) is 0 Å². The van der Waals surface area contributed by atoms with Crippen molar-refractivity contribution in [3.63, 3.8) is 0 Å². The minimum atomic E-state index is -1.15. The Morgan fingerprint density at radius 2 is 2.18 bits per heavy atom. The molecule has 1 N–H and O–H groups in total. The van der Waals surface area contributed by atoms with Gasteiger partial charge >= 0.3 is 5.97 Å². The summed E-state index contributed by atoms with van der Waals surface area (Å²) in [6.45, 7) is 1.76. The minimum absolute atomic E-state index is 0.184. The maximum Gasteiger partial charge on any atom is 0.317 e. The molecular weight excluding hydrogens is 378 g/mol. The van der Waals surface area contributed by atoms with Gasteiger partial charge in [-0.15, -0.1) is 0 Å². The number of aromatic nitrogens is 2. The molecule has 2 aliphatic heterocycles. The van der Waals surface area contributed by atoms with Crippen LogP contribution in [0, 0.1) is 5.92 Å². The maximum atomic E-state index is 13.3. The highest BCUT2D eigenvalue weighted by atomic mass is 32.1. The number of thiazole rings is 1. The summed E-state index contributed by atoms with van der Waals surface area (Å²) < 4.78 is 13.3. The molecule has 8 heteroatoms. The Kier molecular flexibility index (Phi) is 3.60. The number of rotatable bonds is 2. The first kappa shape index (κ1) is 17.0. The van der Waals surface area contributed by atoms with Gasteiger partial charge in [0.25, 0.3) is 5.56 Å². The Hall–Kier alpha value is -3.13. The fourth-order valence-corrected chi connectivity index (χ4v) is 5.10. The van der Waals surface area contributed by atoms with E-state index in [2.05, 4.69) is 9.98 Å². The average molecular weight is 395 g/mol. The predicted octanol–water partition coefficient (Wildman–Crippen LogP) is 1.19. The summed E-state index contributed by atoms with van der Waals surface area (Å²) in [5, 5.41) is 0. The van der Waals surface area contributed by atoms with Crippen molar-refractivity contribution in [3.8, 4) is 5.75 Å². The summed E-state index contributed by atoms with van der Waals surface area (Å²) in [4.78, 5) is 34.3. The van der Waals surface area contributed by atoms with Crippen LogP contribution in [0.5, 0.6) is 5.75 Å². The van der Waals surface area contributed by atoms with E-state index in [0.717, 1.165) is 11.3 Å². The molecule has 3 aromatic rings. The molecule has 2 aliphatic rings. The molecule has 2 bridgehead atoms. The Balaban J connectivity index is 1.83. The topological polar surface area (TPSA) is 85.7 Å². The number of benzene rings is 1. The highest BCUT2D eigenvalue weighted by Crippen LogP contribution is 2.47. The molecule has 1 aromatic carbocycles. The van der Waals surface area contributed by atoms with E-state index >= 15 is 0 Å². The van der Waals surface area contributed by atoms with E-state index < -0.39 is 23.7 Å². The lowest BCUT2D eigenvalue weighted by Crippen LogP contribution is -2.58. The summed E-state index contributed by atoms with van der Waals surface area (Å²) in [5.74, 6) is -0.590. The number of ether oxygens (including phenoxy) is 2. The van der Waals surface area contributed by atoms with Gasteiger partial charge in [0.15, 0.2) is 4.80 Å². The molecule has 3 atom stereocenters. The van der Waals surface area contributed by atoms with Gasteiger partial charge in [-0.3, -0.25) is 14.2 Å². The van der Waals surface area contributed by atoms with Crippen LogP contribution in [-0.2, 0) is 9.53 Å². The SMILES string of the molecule is COC(=O)C1C2c3ccccc3OC1(C)N=c1s/c(=C\c3ccc[nH]3)c(=O)n12. The van der Waals surface area contributed by atoms with Gasteiger partial charge in [-0.05, 0) is 31.2 Å². The lowest BCUT2D eigenvalue weighted by molar-refractivity contribution is -0.158. The van der Waals surface area contributed by atoms with Crippen molar-refractivity contribution >= 4 is 23.4 Å². The van der Waals surface area contributed by atoms with Crippen molar-refractivity contribution in [2.45, 2.75) is 18.7 Å². The first-order valence-corrected chi connectivity index (χ1v) is 9.65. The van der Waals surface area contributed by atoms with Crippen molar-refractivity contribution in [2.75, 3.05) is 7.11 Å². The van der Waals surface area contributed by atoms with E-state index in [0.29, 0.717) is 15.1 Å². The monoisotopic (exact) mass is 395 g/mol. The highest BCUT2D eigenvalue weighted by Gasteiger charge is 2.55. The van der Waals surface area contributed by atoms with Gasteiger partial charge in [0.2, 0.25) is 5.72 Å². The molecule has 2 aromatic heterocycles. The molecule has 0 saturated heterocycles. The molecule has 5 rings (SSSR count). The zero-order chi connectivity index (χ0) is 19.5. The van der Waals surface area contributed by atoms with E-state index in [4.69, 9.17) is 9.47 Å². The molecule has 28 heavy (non-hydrogen) atoms. The standard InChI is InChI=1S/C20H17N3O4S/c1-20-15(18(25)26-2)16(12-7-3-4-8-13(12)27-20)23-17(24)14(28-19(23)22-20)10-11-6-5-9-21-11/h3-10,15-16,21H,1-2H3/b14-10-. The Labute approximate surface area is 163 Å². The van der Waals surface area contributed by atoms with Crippen molar-refractivity contribution in [3.05, 3.63) is 73.5 Å². The summed E-state index contributed by atoms with van der Waals surface area (Å²) >= 11 is 1.29. The molecule has 4 heterocycles. The molecule has 7 nitrogen and oxygen atoms in total. The van der Waals surface area contributed by atoms with Crippen LogP contribution in [0.1, 0.15) is 24.2 Å². The second kappa shape index (κ2) is 5.93. The molecule has 0 saturated carbocycles. The number of hydrogen-bond acceptors (Lipinski definition) is 6. The number of H-pyrrole nitrogens is 1. The lowest BCUT2D eigenvalue weighted by atomic mass is 9.81. The second-order valence-corrected chi connectivity index (χ2v) is 7.95. The summed E-state index contributed by atoms with van der Waals surface area (Å²) in [5.41, 5.74) is 0.271. The van der Waals surface area contributed by atoms with Gasteiger partial charge in [0, 0.05) is 17.5 Å². The number of nitrogens with one attached hydrogen (secondary N) is 1. The van der Waals surface area contributed by atoms with Crippen molar-refractivity contribution in [1.29, 1.82) is 0 Å². The van der Waals surface area contributed by atoms with Gasteiger partial charge in [0.05, 0.1) is 17.7 Å². The normalized spacial score (nSPS) is 25.3.